The Balaban J connectivity index is 2.16. The van der Waals surface area contributed by atoms with Crippen molar-refractivity contribution in [2.45, 2.75) is 25.7 Å². The number of carboxylic acids is 1. The van der Waals surface area contributed by atoms with Crippen LogP contribution in [0.3, 0.4) is 0 Å². The Morgan fingerprint density at radius 1 is 1.42 bits per heavy atom. The van der Waals surface area contributed by atoms with Crippen LogP contribution in [-0.4, -0.2) is 22.5 Å². The number of aromatic carboxylic acids is 1. The number of nitrogens with one attached hydrogen (secondary N) is 1. The zero-order chi connectivity index (χ0) is 13.8. The minimum atomic E-state index is -1.08. The molecule has 0 heterocycles. The van der Waals surface area contributed by atoms with E-state index in [1.54, 1.807) is 0 Å². The van der Waals surface area contributed by atoms with Crippen molar-refractivity contribution >= 4 is 17.3 Å². The maximum atomic E-state index is 10.9. The van der Waals surface area contributed by atoms with Crippen molar-refractivity contribution in [1.82, 2.24) is 0 Å². The average molecular weight is 264 g/mol. The van der Waals surface area contributed by atoms with Crippen LogP contribution < -0.4 is 5.32 Å². The van der Waals surface area contributed by atoms with Crippen LogP contribution in [0.15, 0.2) is 18.2 Å². The molecule has 6 heteroatoms. The Labute approximate surface area is 110 Å². The number of hydrogen-bond donors (Lipinski definition) is 2. The first-order valence-corrected chi connectivity index (χ1v) is 6.33. The molecule has 0 radical (unpaired) electrons. The Hall–Kier alpha value is -2.11. The highest BCUT2D eigenvalue weighted by molar-refractivity contribution is 5.90. The molecule has 1 aliphatic rings. The number of carbonyl (C=O) groups is 1. The smallest absolute Gasteiger partial charge is 0.335 e. The van der Waals surface area contributed by atoms with Gasteiger partial charge in [-0.25, -0.2) is 4.79 Å². The first kappa shape index (κ1) is 13.3. The lowest BCUT2D eigenvalue weighted by molar-refractivity contribution is -0.384. The monoisotopic (exact) mass is 264 g/mol. The normalized spacial score (nSPS) is 15.4. The summed E-state index contributed by atoms with van der Waals surface area (Å²) >= 11 is 0. The summed E-state index contributed by atoms with van der Waals surface area (Å²) in [6, 6.07) is 3.82. The minimum absolute atomic E-state index is 0.0551. The number of nitro groups is 1. The third-order valence-corrected chi connectivity index (χ3v) is 3.50. The second-order valence-corrected chi connectivity index (χ2v) is 4.83. The second kappa shape index (κ2) is 5.69. The molecule has 19 heavy (non-hydrogen) atoms. The van der Waals surface area contributed by atoms with E-state index in [0.717, 1.165) is 12.8 Å². The number of nitrogens with zero attached hydrogens (tertiary/aromatic N) is 1. The minimum Gasteiger partial charge on any atom is -0.478 e. The van der Waals surface area contributed by atoms with Crippen molar-refractivity contribution in [2.24, 2.45) is 5.92 Å². The Morgan fingerprint density at radius 3 is 2.68 bits per heavy atom. The molecule has 0 saturated heterocycles. The van der Waals surface area contributed by atoms with Gasteiger partial charge in [-0.05, 0) is 30.9 Å². The fraction of sp³-hybridized carbons (Fsp3) is 0.462. The van der Waals surface area contributed by atoms with Gasteiger partial charge in [0.15, 0.2) is 0 Å². The summed E-state index contributed by atoms with van der Waals surface area (Å²) in [5.41, 5.74) is 0.263. The summed E-state index contributed by atoms with van der Waals surface area (Å²) in [5, 5.41) is 22.9. The molecule has 6 nitrogen and oxygen atoms in total. The third-order valence-electron chi connectivity index (χ3n) is 3.50. The average Bonchev–Trinajstić information content (AvgIpc) is 2.88. The fourth-order valence-corrected chi connectivity index (χ4v) is 2.44. The zero-order valence-corrected chi connectivity index (χ0v) is 10.5. The van der Waals surface area contributed by atoms with E-state index in [2.05, 4.69) is 5.32 Å². The molecule has 2 rings (SSSR count). The van der Waals surface area contributed by atoms with Gasteiger partial charge in [0.2, 0.25) is 0 Å². The van der Waals surface area contributed by atoms with Crippen LogP contribution in [0.25, 0.3) is 0 Å². The van der Waals surface area contributed by atoms with E-state index in [1.807, 2.05) is 0 Å². The predicted molar refractivity (Wildman–Crippen MR) is 70.5 cm³/mol. The van der Waals surface area contributed by atoms with Crippen LogP contribution >= 0.6 is 0 Å². The van der Waals surface area contributed by atoms with Crippen molar-refractivity contribution in [3.05, 3.63) is 33.9 Å². The van der Waals surface area contributed by atoms with Gasteiger partial charge in [0.25, 0.3) is 5.69 Å². The number of rotatable bonds is 5. The molecule has 2 N–H and O–H groups in total. The van der Waals surface area contributed by atoms with E-state index >= 15 is 0 Å². The van der Waals surface area contributed by atoms with Crippen LogP contribution in [0.4, 0.5) is 11.4 Å². The number of anilines is 1. The summed E-state index contributed by atoms with van der Waals surface area (Å²) < 4.78 is 0. The highest BCUT2D eigenvalue weighted by atomic mass is 16.6. The molecule has 0 aromatic heterocycles. The van der Waals surface area contributed by atoms with E-state index in [0.29, 0.717) is 12.5 Å². The lowest BCUT2D eigenvalue weighted by atomic mass is 10.1. The van der Waals surface area contributed by atoms with Crippen LogP contribution in [0.5, 0.6) is 0 Å². The van der Waals surface area contributed by atoms with E-state index in [4.69, 9.17) is 5.11 Å². The summed E-state index contributed by atoms with van der Waals surface area (Å²) in [5.74, 6) is -0.563. The van der Waals surface area contributed by atoms with Gasteiger partial charge >= 0.3 is 5.97 Å². The highest BCUT2D eigenvalue weighted by Gasteiger charge is 2.19. The number of nitro benzene ring substituents is 1. The molecule has 0 aliphatic heterocycles. The lowest BCUT2D eigenvalue weighted by Crippen LogP contribution is -2.12. The molecular weight excluding hydrogens is 248 g/mol. The first-order valence-electron chi connectivity index (χ1n) is 6.33. The van der Waals surface area contributed by atoms with Gasteiger partial charge in [-0.1, -0.05) is 12.8 Å². The Kier molecular flexibility index (Phi) is 3.99. The third kappa shape index (κ3) is 3.21. The summed E-state index contributed by atoms with van der Waals surface area (Å²) in [6.45, 7) is 0.657. The Morgan fingerprint density at radius 2 is 2.11 bits per heavy atom. The molecular formula is C13H16N2O4. The maximum Gasteiger partial charge on any atom is 0.335 e. The summed E-state index contributed by atoms with van der Waals surface area (Å²) in [6.07, 6.45) is 4.64. The number of benzene rings is 1. The van der Waals surface area contributed by atoms with Crippen molar-refractivity contribution in [2.75, 3.05) is 11.9 Å². The van der Waals surface area contributed by atoms with Gasteiger partial charge in [-0.15, -0.1) is 0 Å². The second-order valence-electron chi connectivity index (χ2n) is 4.83. The van der Waals surface area contributed by atoms with Gasteiger partial charge in [0, 0.05) is 12.6 Å². The quantitative estimate of drug-likeness (QED) is 0.630. The highest BCUT2D eigenvalue weighted by Crippen LogP contribution is 2.29. The van der Waals surface area contributed by atoms with Crippen LogP contribution in [0.1, 0.15) is 36.0 Å². The van der Waals surface area contributed by atoms with E-state index in [9.17, 15) is 14.9 Å². The standard InChI is InChI=1S/C13H16N2O4/c16-13(17)10-5-6-12(15(18)19)11(7-10)14-8-9-3-1-2-4-9/h5-7,9,14H,1-4,8H2,(H,16,17). The molecule has 1 saturated carbocycles. The fourth-order valence-electron chi connectivity index (χ4n) is 2.44. The van der Waals surface area contributed by atoms with E-state index in [-0.39, 0.29) is 16.9 Å². The predicted octanol–water partition coefficient (Wildman–Crippen LogP) is 2.90. The topological polar surface area (TPSA) is 92.5 Å². The largest absolute Gasteiger partial charge is 0.478 e. The molecule has 0 atom stereocenters. The summed E-state index contributed by atoms with van der Waals surface area (Å²) in [7, 11) is 0. The molecule has 0 spiro atoms. The SMILES string of the molecule is O=C(O)c1ccc([N+](=O)[O-])c(NCC2CCCC2)c1. The molecule has 1 aromatic rings. The molecule has 0 unspecified atom stereocenters. The van der Waals surface area contributed by atoms with Crippen molar-refractivity contribution in [3.8, 4) is 0 Å². The Bertz CT molecular complexity index is 495. The molecule has 1 aromatic carbocycles. The van der Waals surface area contributed by atoms with Gasteiger partial charge in [-0.3, -0.25) is 10.1 Å². The van der Waals surface area contributed by atoms with Crippen LogP contribution in [0.2, 0.25) is 0 Å². The first-order chi connectivity index (χ1) is 9.08. The van der Waals surface area contributed by atoms with Crippen LogP contribution in [-0.2, 0) is 0 Å². The number of carboxylic acid groups (broad SMARTS) is 1. The van der Waals surface area contributed by atoms with Gasteiger partial charge in [-0.2, -0.15) is 0 Å². The maximum absolute atomic E-state index is 10.9. The molecule has 0 bridgehead atoms. The molecule has 0 amide bonds. The van der Waals surface area contributed by atoms with Gasteiger partial charge in [0.05, 0.1) is 10.5 Å². The van der Waals surface area contributed by atoms with Crippen molar-refractivity contribution in [1.29, 1.82) is 0 Å². The van der Waals surface area contributed by atoms with Crippen molar-refractivity contribution in [3.63, 3.8) is 0 Å². The lowest BCUT2D eigenvalue weighted by Gasteiger charge is -2.12. The molecule has 102 valence electrons. The van der Waals surface area contributed by atoms with Gasteiger partial charge < -0.3 is 10.4 Å². The van der Waals surface area contributed by atoms with E-state index < -0.39 is 10.9 Å². The van der Waals surface area contributed by atoms with Crippen molar-refractivity contribution < 1.29 is 14.8 Å². The molecule has 1 fully saturated rings. The number of hydrogen-bond acceptors (Lipinski definition) is 4. The summed E-state index contributed by atoms with van der Waals surface area (Å²) in [4.78, 5) is 21.3. The van der Waals surface area contributed by atoms with Crippen LogP contribution in [0, 0.1) is 16.0 Å². The zero-order valence-electron chi connectivity index (χ0n) is 10.5. The van der Waals surface area contributed by atoms with Gasteiger partial charge in [0.1, 0.15) is 5.69 Å². The molecule has 1 aliphatic carbocycles. The van der Waals surface area contributed by atoms with E-state index in [1.165, 1.54) is 31.0 Å².